The topological polar surface area (TPSA) is 157 Å². The summed E-state index contributed by atoms with van der Waals surface area (Å²) in [5.41, 5.74) is 5.01. The first kappa shape index (κ1) is 35.4. The number of carbonyl (C=O) groups excluding carboxylic acids is 3. The Morgan fingerprint density at radius 2 is 1.83 bits per heavy atom. The fourth-order valence-electron chi connectivity index (χ4n) is 7.04. The Morgan fingerprint density at radius 3 is 2.63 bits per heavy atom. The number of rotatable bonds is 8. The highest BCUT2D eigenvalue weighted by atomic mass is 35.5. The number of fused-ring (bicyclic) bond motifs is 4. The van der Waals surface area contributed by atoms with E-state index in [0.717, 1.165) is 60.8 Å². The average molecular weight is 763 g/mol. The van der Waals surface area contributed by atoms with Gasteiger partial charge < -0.3 is 15.2 Å². The van der Waals surface area contributed by atoms with Gasteiger partial charge in [-0.25, -0.2) is 0 Å². The first-order valence-corrected chi connectivity index (χ1v) is 18.8. The highest BCUT2D eigenvalue weighted by Gasteiger charge is 2.46. The summed E-state index contributed by atoms with van der Waals surface area (Å²) in [6.45, 7) is 6.99. The second-order valence-electron chi connectivity index (χ2n) is 13.4. The first-order valence-electron chi connectivity index (χ1n) is 17.7. The SMILES string of the molecule is Cc1c(C#Cc2cnn(CCCCOc3cccc4c3C(=O)N(C3CCC(O)NC3=O)C4=O)c2)sc2c1C(c1ccc(Cl)cc1)=N[C@@H](C)c1nnc(C)n1-2. The zero-order chi connectivity index (χ0) is 37.7. The quantitative estimate of drug-likeness (QED) is 0.125. The number of aliphatic imine (C=N–C) groups is 1. The number of aryl methyl sites for hydroxylation is 2. The molecule has 8 rings (SSSR count). The van der Waals surface area contributed by atoms with Crippen LogP contribution in [0.3, 0.4) is 0 Å². The molecule has 5 aromatic rings. The monoisotopic (exact) mass is 762 g/mol. The first-order chi connectivity index (χ1) is 26.1. The summed E-state index contributed by atoms with van der Waals surface area (Å²) in [5.74, 6) is 6.89. The maximum Gasteiger partial charge on any atom is 0.266 e. The summed E-state index contributed by atoms with van der Waals surface area (Å²) < 4.78 is 9.91. The van der Waals surface area contributed by atoms with Crippen molar-refractivity contribution in [2.75, 3.05) is 6.61 Å². The second kappa shape index (κ2) is 14.3. The number of hydrogen-bond donors (Lipinski definition) is 2. The van der Waals surface area contributed by atoms with E-state index in [-0.39, 0.29) is 30.0 Å². The van der Waals surface area contributed by atoms with Gasteiger partial charge in [0.25, 0.3) is 11.8 Å². The number of aliphatic hydroxyl groups is 1. The molecule has 3 aromatic heterocycles. The fraction of sp³-hybridized carbons (Fsp3) is 0.308. The molecule has 13 nitrogen and oxygen atoms in total. The van der Waals surface area contributed by atoms with Crippen LogP contribution in [0, 0.1) is 25.7 Å². The van der Waals surface area contributed by atoms with E-state index in [1.807, 2.05) is 49.0 Å². The second-order valence-corrected chi connectivity index (χ2v) is 14.8. The number of carbonyl (C=O) groups is 3. The van der Waals surface area contributed by atoms with Crippen molar-refractivity contribution in [2.24, 2.45) is 4.99 Å². The third kappa shape index (κ3) is 6.38. The number of unbranched alkanes of at least 4 members (excludes halogenated alkanes) is 1. The zero-order valence-electron chi connectivity index (χ0n) is 29.7. The third-order valence-corrected chi connectivity index (χ3v) is 11.2. The molecule has 54 heavy (non-hydrogen) atoms. The van der Waals surface area contributed by atoms with Crippen LogP contribution in [0.2, 0.25) is 5.02 Å². The van der Waals surface area contributed by atoms with E-state index in [9.17, 15) is 19.5 Å². The van der Waals surface area contributed by atoms with Gasteiger partial charge in [-0.2, -0.15) is 5.10 Å². The minimum atomic E-state index is -0.986. The van der Waals surface area contributed by atoms with Crippen molar-refractivity contribution in [2.45, 2.75) is 71.3 Å². The van der Waals surface area contributed by atoms with Crippen LogP contribution in [0.5, 0.6) is 5.75 Å². The van der Waals surface area contributed by atoms with Crippen LogP contribution in [0.4, 0.5) is 0 Å². The lowest BCUT2D eigenvalue weighted by molar-refractivity contribution is -0.131. The van der Waals surface area contributed by atoms with Crippen LogP contribution in [0.1, 0.15) is 98.1 Å². The number of aliphatic hydroxyl groups excluding tert-OH is 1. The van der Waals surface area contributed by atoms with Gasteiger partial charge >= 0.3 is 0 Å². The molecule has 0 aliphatic carbocycles. The summed E-state index contributed by atoms with van der Waals surface area (Å²) in [6, 6.07) is 11.4. The van der Waals surface area contributed by atoms with Crippen LogP contribution >= 0.6 is 22.9 Å². The maximum atomic E-state index is 13.3. The van der Waals surface area contributed by atoms with Crippen molar-refractivity contribution in [3.8, 4) is 22.6 Å². The number of halogens is 1. The molecule has 1 saturated heterocycles. The number of imide groups is 1. The lowest BCUT2D eigenvalue weighted by Gasteiger charge is -2.31. The molecule has 2 aromatic carbocycles. The Balaban J connectivity index is 0.925. The van der Waals surface area contributed by atoms with Crippen molar-refractivity contribution >= 4 is 46.4 Å². The molecular formula is C39H35ClN8O5S. The molecule has 15 heteroatoms. The normalized spacial score (nSPS) is 19.0. The number of ether oxygens (including phenoxy) is 1. The largest absolute Gasteiger partial charge is 0.493 e. The Bertz CT molecular complexity index is 2420. The van der Waals surface area contributed by atoms with Gasteiger partial charge in [0.05, 0.1) is 40.1 Å². The molecule has 1 fully saturated rings. The molecule has 0 bridgehead atoms. The van der Waals surface area contributed by atoms with Crippen molar-refractivity contribution in [3.63, 3.8) is 0 Å². The molecule has 274 valence electrons. The standard InChI is InChI=1S/C39H35ClN8O5S/c1-21-30(54-39-32(21)34(25-10-12-26(40)13-11-25)42-22(2)35-45-44-23(3)47(35)39)15-9-24-19-41-46(20-24)17-4-5-18-53-29-8-6-7-27-33(29)38(52)48(37(27)51)28-14-16-31(49)43-36(28)50/h6-8,10-13,19-20,22,28,31,49H,4-5,14,16-18H2,1-3H3,(H,43,50)/t22-,28?,31?/m0/s1. The van der Waals surface area contributed by atoms with Gasteiger partial charge in [-0.05, 0) is 76.3 Å². The van der Waals surface area contributed by atoms with Crippen LogP contribution in [-0.2, 0) is 11.3 Å². The molecule has 3 amide bonds. The Morgan fingerprint density at radius 1 is 1.02 bits per heavy atom. The van der Waals surface area contributed by atoms with Gasteiger partial charge in [0.2, 0.25) is 5.91 Å². The summed E-state index contributed by atoms with van der Waals surface area (Å²) >= 11 is 7.81. The van der Waals surface area contributed by atoms with Crippen LogP contribution in [0.15, 0.2) is 59.9 Å². The zero-order valence-corrected chi connectivity index (χ0v) is 31.2. The number of amides is 3. The van der Waals surface area contributed by atoms with Crippen molar-refractivity contribution in [1.29, 1.82) is 0 Å². The number of hydrogen-bond acceptors (Lipinski definition) is 10. The number of nitrogens with one attached hydrogen (secondary N) is 1. The lowest BCUT2D eigenvalue weighted by Crippen LogP contribution is -2.55. The van der Waals surface area contributed by atoms with Gasteiger partial charge in [0.1, 0.15) is 34.9 Å². The van der Waals surface area contributed by atoms with Gasteiger partial charge in [0.15, 0.2) is 5.82 Å². The van der Waals surface area contributed by atoms with Crippen molar-refractivity contribution < 1.29 is 24.2 Å². The Kier molecular flexibility index (Phi) is 9.39. The average Bonchev–Trinajstić information content (AvgIpc) is 3.89. The molecular weight excluding hydrogens is 728 g/mol. The smallest absolute Gasteiger partial charge is 0.266 e. The van der Waals surface area contributed by atoms with Gasteiger partial charge in [-0.3, -0.25) is 33.5 Å². The number of nitrogens with zero attached hydrogens (tertiary/aromatic N) is 7. The molecule has 0 spiro atoms. The number of piperidine rings is 1. The van der Waals surface area contributed by atoms with E-state index in [1.54, 1.807) is 35.7 Å². The van der Waals surface area contributed by atoms with Gasteiger partial charge in [0, 0.05) is 28.9 Å². The summed E-state index contributed by atoms with van der Waals surface area (Å²) in [5, 5.41) is 27.1. The van der Waals surface area contributed by atoms with Gasteiger partial charge in [-0.1, -0.05) is 41.6 Å². The summed E-state index contributed by atoms with van der Waals surface area (Å²) in [6.07, 6.45) is 4.53. The maximum absolute atomic E-state index is 13.3. The van der Waals surface area contributed by atoms with Gasteiger partial charge in [-0.15, -0.1) is 21.5 Å². The molecule has 3 aliphatic rings. The lowest BCUT2D eigenvalue weighted by atomic mass is 9.99. The van der Waals surface area contributed by atoms with E-state index < -0.39 is 30.0 Å². The molecule has 3 atom stereocenters. The van der Waals surface area contributed by atoms with E-state index in [1.165, 1.54) is 0 Å². The van der Waals surface area contributed by atoms with Crippen molar-refractivity contribution in [3.05, 3.63) is 110 Å². The fourth-order valence-corrected chi connectivity index (χ4v) is 8.38. The van der Waals surface area contributed by atoms with E-state index in [4.69, 9.17) is 21.3 Å². The molecule has 2 N–H and O–H groups in total. The van der Waals surface area contributed by atoms with E-state index >= 15 is 0 Å². The molecule has 0 saturated carbocycles. The van der Waals surface area contributed by atoms with E-state index in [2.05, 4.69) is 43.9 Å². The summed E-state index contributed by atoms with van der Waals surface area (Å²) in [4.78, 5) is 46.0. The minimum absolute atomic E-state index is 0.161. The highest BCUT2D eigenvalue weighted by molar-refractivity contribution is 7.15. The van der Waals surface area contributed by atoms with E-state index in [0.29, 0.717) is 30.3 Å². The number of thiophene rings is 1. The number of aromatic nitrogens is 5. The minimum Gasteiger partial charge on any atom is -0.493 e. The van der Waals surface area contributed by atoms with Crippen LogP contribution in [0.25, 0.3) is 5.00 Å². The van der Waals surface area contributed by atoms with Crippen LogP contribution in [-0.4, -0.2) is 76.9 Å². The molecule has 6 heterocycles. The predicted octanol–water partition coefficient (Wildman–Crippen LogP) is 5.16. The number of benzene rings is 2. The molecule has 0 radical (unpaired) electrons. The highest BCUT2D eigenvalue weighted by Crippen LogP contribution is 2.39. The van der Waals surface area contributed by atoms with Crippen LogP contribution < -0.4 is 10.1 Å². The third-order valence-electron chi connectivity index (χ3n) is 9.77. The predicted molar refractivity (Wildman–Crippen MR) is 201 cm³/mol. The molecule has 3 aliphatic heterocycles. The Labute approximate surface area is 319 Å². The Hall–Kier alpha value is -5.62. The molecule has 2 unspecified atom stereocenters. The summed E-state index contributed by atoms with van der Waals surface area (Å²) in [7, 11) is 0. The van der Waals surface area contributed by atoms with Crippen molar-refractivity contribution in [1.82, 2.24) is 34.8 Å².